The third-order valence-electron chi connectivity index (χ3n) is 4.60. The number of piperidine rings is 1. The van der Waals surface area contributed by atoms with Crippen LogP contribution in [0.5, 0.6) is 0 Å². The number of rotatable bonds is 3. The molecule has 1 aliphatic carbocycles. The fourth-order valence-corrected chi connectivity index (χ4v) is 4.71. The summed E-state index contributed by atoms with van der Waals surface area (Å²) >= 11 is 1.70. The smallest absolute Gasteiger partial charge is 0.180 e. The van der Waals surface area contributed by atoms with Gasteiger partial charge in [-0.2, -0.15) is 0 Å². The monoisotopic (exact) mass is 285 g/mol. The van der Waals surface area contributed by atoms with Crippen LogP contribution in [0.2, 0.25) is 0 Å². The average molecular weight is 285 g/mol. The summed E-state index contributed by atoms with van der Waals surface area (Å²) in [5.41, 5.74) is 8.64. The van der Waals surface area contributed by atoms with E-state index in [9.17, 15) is 0 Å². The van der Waals surface area contributed by atoms with Gasteiger partial charge >= 0.3 is 0 Å². The van der Waals surface area contributed by atoms with Gasteiger partial charge < -0.3 is 5.73 Å². The van der Waals surface area contributed by atoms with E-state index in [1.165, 1.54) is 29.0 Å². The molecule has 4 heteroatoms. The van der Waals surface area contributed by atoms with Gasteiger partial charge in [0.2, 0.25) is 0 Å². The summed E-state index contributed by atoms with van der Waals surface area (Å²) in [5.74, 6) is 0.610. The Bertz CT molecular complexity index is 607. The van der Waals surface area contributed by atoms with Gasteiger partial charge in [0.25, 0.3) is 0 Å². The Morgan fingerprint density at radius 1 is 1.25 bits per heavy atom. The number of nitrogens with two attached hydrogens (primary N) is 1. The van der Waals surface area contributed by atoms with Gasteiger partial charge in [-0.3, -0.25) is 4.90 Å². The lowest BCUT2D eigenvalue weighted by atomic mass is 9.81. The van der Waals surface area contributed by atoms with E-state index in [-0.39, 0.29) is 0 Å². The summed E-state index contributed by atoms with van der Waals surface area (Å²) in [7, 11) is 0. The van der Waals surface area contributed by atoms with Gasteiger partial charge in [-0.15, -0.1) is 11.3 Å². The molecule has 3 aliphatic rings. The predicted molar refractivity (Wildman–Crippen MR) is 83.0 cm³/mol. The molecule has 2 aromatic rings. The van der Waals surface area contributed by atoms with Crippen molar-refractivity contribution in [2.24, 2.45) is 0 Å². The zero-order valence-electron chi connectivity index (χ0n) is 11.5. The molecule has 1 aromatic carbocycles. The van der Waals surface area contributed by atoms with Gasteiger partial charge in [-0.05, 0) is 24.8 Å². The summed E-state index contributed by atoms with van der Waals surface area (Å²) in [6.45, 7) is 2.30. The minimum absolute atomic E-state index is 0.563. The van der Waals surface area contributed by atoms with Gasteiger partial charge in [0.05, 0.1) is 5.69 Å². The van der Waals surface area contributed by atoms with Crippen LogP contribution >= 0.6 is 11.3 Å². The van der Waals surface area contributed by atoms with Gasteiger partial charge in [0.15, 0.2) is 5.13 Å². The molecule has 2 N–H and O–H groups in total. The standard InChI is InChI=1S/C16H19N3S/c17-16-18-14-12-6-7-13(15(14)20-16)19(10-12)9-8-11-4-2-1-3-5-11/h1-5,12-13H,6-10H2,(H2,17,18). The lowest BCUT2D eigenvalue weighted by Crippen LogP contribution is -2.42. The van der Waals surface area contributed by atoms with Gasteiger partial charge in [0.1, 0.15) is 0 Å². The molecule has 0 amide bonds. The lowest BCUT2D eigenvalue weighted by molar-refractivity contribution is 0.116. The van der Waals surface area contributed by atoms with Crippen molar-refractivity contribution >= 4 is 16.5 Å². The number of thiazole rings is 1. The van der Waals surface area contributed by atoms with E-state index in [1.54, 1.807) is 11.3 Å². The Hall–Kier alpha value is -1.39. The van der Waals surface area contributed by atoms with Gasteiger partial charge in [0, 0.05) is 29.9 Å². The molecule has 3 nitrogen and oxygen atoms in total. The SMILES string of the molecule is Nc1nc2c(s1)C1CCC2CN1CCc1ccccc1. The quantitative estimate of drug-likeness (QED) is 0.941. The summed E-state index contributed by atoms with van der Waals surface area (Å²) < 4.78 is 0. The Morgan fingerprint density at radius 3 is 2.95 bits per heavy atom. The molecule has 0 radical (unpaired) electrons. The van der Waals surface area contributed by atoms with Crippen molar-refractivity contribution in [2.75, 3.05) is 18.8 Å². The average Bonchev–Trinajstić information content (AvgIpc) is 2.90. The Balaban J connectivity index is 1.52. The fraction of sp³-hybridized carbons (Fsp3) is 0.438. The first-order valence-corrected chi connectivity index (χ1v) is 8.17. The van der Waals surface area contributed by atoms with Crippen molar-refractivity contribution in [3.05, 3.63) is 46.5 Å². The molecule has 5 rings (SSSR count). The molecule has 104 valence electrons. The molecule has 2 unspecified atom stereocenters. The van der Waals surface area contributed by atoms with Crippen LogP contribution < -0.4 is 5.73 Å². The van der Waals surface area contributed by atoms with Crippen molar-refractivity contribution in [1.82, 2.24) is 9.88 Å². The van der Waals surface area contributed by atoms with E-state index >= 15 is 0 Å². The Morgan fingerprint density at radius 2 is 2.10 bits per heavy atom. The Kier molecular flexibility index (Phi) is 3.00. The van der Waals surface area contributed by atoms with Crippen LogP contribution in [0.4, 0.5) is 5.13 Å². The van der Waals surface area contributed by atoms with Crippen molar-refractivity contribution < 1.29 is 0 Å². The number of hydrogen-bond donors (Lipinski definition) is 1. The van der Waals surface area contributed by atoms with Crippen LogP contribution in [0.1, 0.15) is 40.9 Å². The molecular weight excluding hydrogens is 266 g/mol. The first-order chi connectivity index (χ1) is 9.81. The van der Waals surface area contributed by atoms with E-state index in [4.69, 9.17) is 5.73 Å². The van der Waals surface area contributed by atoms with Crippen LogP contribution in [0.3, 0.4) is 0 Å². The third kappa shape index (κ3) is 2.03. The van der Waals surface area contributed by atoms with Crippen LogP contribution in [-0.4, -0.2) is 23.0 Å². The minimum atomic E-state index is 0.563. The molecule has 2 bridgehead atoms. The lowest BCUT2D eigenvalue weighted by Gasteiger charge is -2.44. The van der Waals surface area contributed by atoms with Gasteiger partial charge in [-0.1, -0.05) is 30.3 Å². The summed E-state index contributed by atoms with van der Waals surface area (Å²) in [4.78, 5) is 8.64. The highest BCUT2D eigenvalue weighted by Crippen LogP contribution is 2.49. The summed E-state index contributed by atoms with van der Waals surface area (Å²) in [6, 6.07) is 11.3. The fourth-order valence-electron chi connectivity index (χ4n) is 3.62. The Labute approximate surface area is 123 Å². The van der Waals surface area contributed by atoms with Crippen LogP contribution in [0, 0.1) is 0 Å². The normalized spacial score (nSPS) is 24.8. The van der Waals surface area contributed by atoms with Crippen molar-refractivity contribution in [3.63, 3.8) is 0 Å². The van der Waals surface area contributed by atoms with E-state index in [0.29, 0.717) is 12.0 Å². The maximum Gasteiger partial charge on any atom is 0.180 e. The topological polar surface area (TPSA) is 42.1 Å². The van der Waals surface area contributed by atoms with Crippen LogP contribution in [-0.2, 0) is 6.42 Å². The van der Waals surface area contributed by atoms with E-state index in [2.05, 4.69) is 40.2 Å². The first-order valence-electron chi connectivity index (χ1n) is 7.35. The molecule has 0 spiro atoms. The second-order valence-electron chi connectivity index (χ2n) is 5.82. The highest BCUT2D eigenvalue weighted by atomic mass is 32.1. The first kappa shape index (κ1) is 12.4. The van der Waals surface area contributed by atoms with E-state index in [1.807, 2.05) is 0 Å². The number of anilines is 1. The molecule has 20 heavy (non-hydrogen) atoms. The molecule has 2 atom stereocenters. The largest absolute Gasteiger partial charge is 0.375 e. The number of benzene rings is 1. The maximum atomic E-state index is 5.91. The zero-order chi connectivity index (χ0) is 13.5. The maximum absolute atomic E-state index is 5.91. The zero-order valence-corrected chi connectivity index (χ0v) is 12.3. The highest BCUT2D eigenvalue weighted by molar-refractivity contribution is 7.15. The van der Waals surface area contributed by atoms with Gasteiger partial charge in [-0.25, -0.2) is 4.98 Å². The van der Waals surface area contributed by atoms with Crippen molar-refractivity contribution in [3.8, 4) is 0 Å². The number of nitrogens with zero attached hydrogens (tertiary/aromatic N) is 2. The van der Waals surface area contributed by atoms with Crippen LogP contribution in [0.15, 0.2) is 30.3 Å². The molecule has 0 saturated carbocycles. The number of nitrogen functional groups attached to an aromatic ring is 1. The predicted octanol–water partition coefficient (Wildman–Crippen LogP) is 3.20. The number of hydrogen-bond acceptors (Lipinski definition) is 4. The molecule has 1 aromatic heterocycles. The minimum Gasteiger partial charge on any atom is -0.375 e. The third-order valence-corrected chi connectivity index (χ3v) is 5.60. The second-order valence-corrected chi connectivity index (χ2v) is 6.88. The summed E-state index contributed by atoms with van der Waals surface area (Å²) in [5, 5.41) is 0.747. The van der Waals surface area contributed by atoms with Crippen molar-refractivity contribution in [1.29, 1.82) is 0 Å². The molecule has 3 heterocycles. The van der Waals surface area contributed by atoms with E-state index in [0.717, 1.165) is 24.6 Å². The molecule has 1 fully saturated rings. The second kappa shape index (κ2) is 4.86. The summed E-state index contributed by atoms with van der Waals surface area (Å²) in [6.07, 6.45) is 3.68. The van der Waals surface area contributed by atoms with E-state index < -0.39 is 0 Å². The number of aromatic nitrogens is 1. The highest BCUT2D eigenvalue weighted by Gasteiger charge is 2.40. The van der Waals surface area contributed by atoms with Crippen LogP contribution in [0.25, 0.3) is 0 Å². The molecular formula is C16H19N3S. The number of fused-ring (bicyclic) bond motifs is 2. The molecule has 1 saturated heterocycles. The molecule has 2 aliphatic heterocycles. The van der Waals surface area contributed by atoms with Crippen molar-refractivity contribution in [2.45, 2.75) is 31.2 Å².